The lowest BCUT2D eigenvalue weighted by Crippen LogP contribution is -2.52. The number of piperidine rings is 1. The minimum Gasteiger partial charge on any atom is -0.497 e. The van der Waals surface area contributed by atoms with E-state index in [2.05, 4.69) is 10.6 Å². The van der Waals surface area contributed by atoms with Gasteiger partial charge in [0.2, 0.25) is 21.8 Å². The highest BCUT2D eigenvalue weighted by molar-refractivity contribution is 7.89. The smallest absolute Gasteiger partial charge is 0.249 e. The number of aliphatic hydroxyl groups is 1. The first-order valence-electron chi connectivity index (χ1n) is 14.3. The minimum absolute atomic E-state index is 0.00739. The summed E-state index contributed by atoms with van der Waals surface area (Å²) in [6.07, 6.45) is -1.83. The van der Waals surface area contributed by atoms with Crippen molar-refractivity contribution >= 4 is 21.8 Å². The zero-order valence-electron chi connectivity index (χ0n) is 24.6. The normalized spacial score (nSPS) is 22.0. The fourth-order valence-corrected chi connectivity index (χ4v) is 6.62. The number of hydrogen-bond acceptors (Lipinski definition) is 8. The van der Waals surface area contributed by atoms with E-state index in [-0.39, 0.29) is 49.3 Å². The van der Waals surface area contributed by atoms with E-state index in [0.717, 1.165) is 11.6 Å². The lowest BCUT2D eigenvalue weighted by molar-refractivity contribution is -0.258. The van der Waals surface area contributed by atoms with Crippen molar-refractivity contribution < 1.29 is 41.7 Å². The number of ether oxygens (including phenoxy) is 3. The Morgan fingerprint density at radius 3 is 2.49 bits per heavy atom. The summed E-state index contributed by atoms with van der Waals surface area (Å²) in [5.41, 5.74) is 0.148. The monoisotopic (exact) mass is 621 g/mol. The van der Waals surface area contributed by atoms with Gasteiger partial charge in [-0.05, 0) is 55.5 Å². The van der Waals surface area contributed by atoms with E-state index in [1.165, 1.54) is 22.5 Å². The van der Waals surface area contributed by atoms with Gasteiger partial charge >= 0.3 is 0 Å². The summed E-state index contributed by atoms with van der Waals surface area (Å²) < 4.78 is 57.5. The Morgan fingerprint density at radius 2 is 1.84 bits per heavy atom. The number of aliphatic hydroxyl groups excluding tert-OH is 1. The predicted molar refractivity (Wildman–Crippen MR) is 155 cm³/mol. The molecule has 0 radical (unpaired) electrons. The average molecular weight is 622 g/mol. The predicted octanol–water partition coefficient (Wildman–Crippen LogP) is 2.36. The van der Waals surface area contributed by atoms with Gasteiger partial charge in [-0.1, -0.05) is 32.0 Å². The summed E-state index contributed by atoms with van der Waals surface area (Å²) in [6.45, 7) is 4.87. The zero-order chi connectivity index (χ0) is 31.2. The molecule has 11 nitrogen and oxygen atoms in total. The number of nitrogens with zero attached hydrogens (tertiary/aromatic N) is 1. The van der Waals surface area contributed by atoms with Crippen molar-refractivity contribution in [3.05, 3.63) is 59.9 Å². The molecule has 4 rings (SSSR count). The van der Waals surface area contributed by atoms with Crippen LogP contribution in [0.1, 0.15) is 45.0 Å². The van der Waals surface area contributed by atoms with Crippen molar-refractivity contribution in [3.63, 3.8) is 0 Å². The first-order valence-corrected chi connectivity index (χ1v) is 15.7. The molecule has 0 aliphatic carbocycles. The molecule has 2 heterocycles. The molecule has 2 aliphatic rings. The van der Waals surface area contributed by atoms with Crippen molar-refractivity contribution in [1.29, 1.82) is 0 Å². The molecule has 2 aliphatic heterocycles. The van der Waals surface area contributed by atoms with Crippen LogP contribution in [-0.4, -0.2) is 81.7 Å². The molecule has 0 saturated carbocycles. The number of halogens is 1. The number of carbonyl (C=O) groups excluding carboxylic acids is 2. The molecule has 2 saturated heterocycles. The minimum atomic E-state index is -3.79. The second-order valence-corrected chi connectivity index (χ2v) is 13.5. The molecule has 0 bridgehead atoms. The zero-order valence-corrected chi connectivity index (χ0v) is 25.4. The molecular weight excluding hydrogens is 581 g/mol. The first-order chi connectivity index (χ1) is 20.4. The van der Waals surface area contributed by atoms with Crippen LogP contribution in [0.3, 0.4) is 0 Å². The lowest BCUT2D eigenvalue weighted by atomic mass is 9.85. The number of carbonyl (C=O) groups is 2. The van der Waals surface area contributed by atoms with Crippen LogP contribution in [0.15, 0.2) is 53.4 Å². The van der Waals surface area contributed by atoms with Gasteiger partial charge in [0, 0.05) is 37.2 Å². The Balaban J connectivity index is 1.18. The molecule has 2 amide bonds. The van der Waals surface area contributed by atoms with Crippen molar-refractivity contribution in [1.82, 2.24) is 14.9 Å². The van der Waals surface area contributed by atoms with Crippen molar-refractivity contribution in [2.24, 2.45) is 11.3 Å². The van der Waals surface area contributed by atoms with Crippen LogP contribution >= 0.6 is 0 Å². The fourth-order valence-electron chi connectivity index (χ4n) is 5.11. The van der Waals surface area contributed by atoms with E-state index in [0.29, 0.717) is 25.2 Å². The molecule has 2 unspecified atom stereocenters. The van der Waals surface area contributed by atoms with Crippen molar-refractivity contribution in [2.45, 2.75) is 56.5 Å². The van der Waals surface area contributed by atoms with E-state index in [9.17, 15) is 27.5 Å². The maximum absolute atomic E-state index is 13.5. The maximum atomic E-state index is 13.5. The molecule has 2 aromatic rings. The van der Waals surface area contributed by atoms with E-state index < -0.39 is 45.7 Å². The van der Waals surface area contributed by atoms with Crippen LogP contribution in [0.2, 0.25) is 0 Å². The number of methoxy groups -OCH3 is 1. The van der Waals surface area contributed by atoms with Crippen molar-refractivity contribution in [2.75, 3.05) is 39.9 Å². The molecule has 0 aromatic heterocycles. The Hall–Kier alpha value is -3.10. The van der Waals surface area contributed by atoms with E-state index in [4.69, 9.17) is 14.2 Å². The highest BCUT2D eigenvalue weighted by Crippen LogP contribution is 2.37. The van der Waals surface area contributed by atoms with Gasteiger partial charge in [-0.25, -0.2) is 12.8 Å². The highest BCUT2D eigenvalue weighted by Gasteiger charge is 2.43. The standard InChI is InChI=1S/C30H40FN3O8S/c1-30(2)19-41-29(21-7-9-23(40-3)10-8-21)42-26(30)28(37)32-14-11-25(35)27(36)33-18-20-12-15-34(16-13-20)43(38,39)24-6-4-5-22(31)17-24/h4-10,17,20,25-26,29,35H,11-16,18-19H2,1-3H3,(H,32,37)(H,33,36)/t25?,26?,29-/m1/s1. The summed E-state index contributed by atoms with van der Waals surface area (Å²) >= 11 is 0. The Morgan fingerprint density at radius 1 is 1.14 bits per heavy atom. The number of benzene rings is 2. The quantitative estimate of drug-likeness (QED) is 0.347. The topological polar surface area (TPSA) is 144 Å². The van der Waals surface area contributed by atoms with Gasteiger partial charge in [0.05, 0.1) is 18.6 Å². The summed E-state index contributed by atoms with van der Waals surface area (Å²) in [5.74, 6) is -0.821. The second-order valence-electron chi connectivity index (χ2n) is 11.6. The van der Waals surface area contributed by atoms with Gasteiger partial charge in [-0.2, -0.15) is 4.31 Å². The Bertz CT molecular complexity index is 1360. The molecule has 2 fully saturated rings. The molecular formula is C30H40FN3O8S. The molecule has 236 valence electrons. The van der Waals surface area contributed by atoms with Crippen molar-refractivity contribution in [3.8, 4) is 5.75 Å². The van der Waals surface area contributed by atoms with Crippen LogP contribution in [0.25, 0.3) is 0 Å². The molecule has 2 aromatic carbocycles. The number of nitrogens with one attached hydrogen (secondary N) is 2. The third-order valence-corrected chi connectivity index (χ3v) is 9.69. The Kier molecular flexibility index (Phi) is 10.8. The van der Waals surface area contributed by atoms with Gasteiger partial charge < -0.3 is 30.0 Å². The summed E-state index contributed by atoms with van der Waals surface area (Å²) in [4.78, 5) is 25.4. The van der Waals surface area contributed by atoms with Gasteiger partial charge in [0.25, 0.3) is 0 Å². The van der Waals surface area contributed by atoms with Crippen LogP contribution in [-0.2, 0) is 29.1 Å². The molecule has 43 heavy (non-hydrogen) atoms. The van der Waals surface area contributed by atoms with Gasteiger partial charge in [-0.3, -0.25) is 9.59 Å². The molecule has 3 atom stereocenters. The molecule has 3 N–H and O–H groups in total. The summed E-state index contributed by atoms with van der Waals surface area (Å²) in [5, 5.41) is 15.8. The highest BCUT2D eigenvalue weighted by atomic mass is 32.2. The van der Waals surface area contributed by atoms with Gasteiger partial charge in [0.15, 0.2) is 6.29 Å². The number of amides is 2. The number of hydrogen-bond donors (Lipinski definition) is 3. The van der Waals surface area contributed by atoms with E-state index in [1.807, 2.05) is 26.0 Å². The molecule has 0 spiro atoms. The SMILES string of the molecule is COc1ccc([C@@H]2OCC(C)(C)C(C(=O)NCCC(O)C(=O)NCC3CCN(S(=O)(=O)c4cccc(F)c4)CC3)O2)cc1. The third-order valence-electron chi connectivity index (χ3n) is 7.79. The first kappa shape index (κ1) is 32.8. The van der Waals surface area contributed by atoms with Gasteiger partial charge in [-0.15, -0.1) is 0 Å². The largest absolute Gasteiger partial charge is 0.497 e. The van der Waals surface area contributed by atoms with E-state index >= 15 is 0 Å². The van der Waals surface area contributed by atoms with Crippen LogP contribution in [0, 0.1) is 17.2 Å². The van der Waals surface area contributed by atoms with E-state index in [1.54, 1.807) is 19.2 Å². The average Bonchev–Trinajstić information content (AvgIpc) is 3.00. The fraction of sp³-hybridized carbons (Fsp3) is 0.533. The summed E-state index contributed by atoms with van der Waals surface area (Å²) in [6, 6.07) is 12.1. The second kappa shape index (κ2) is 14.1. The van der Waals surface area contributed by atoms with Crippen LogP contribution in [0.5, 0.6) is 5.75 Å². The van der Waals surface area contributed by atoms with Gasteiger partial charge in [0.1, 0.15) is 23.8 Å². The lowest BCUT2D eigenvalue weighted by Gasteiger charge is -2.41. The Labute approximate surface area is 251 Å². The number of rotatable bonds is 11. The molecule has 13 heteroatoms. The van der Waals surface area contributed by atoms with Crippen LogP contribution < -0.4 is 15.4 Å². The third kappa shape index (κ3) is 8.30. The van der Waals surface area contributed by atoms with Crippen LogP contribution in [0.4, 0.5) is 4.39 Å². The number of sulfonamides is 1. The summed E-state index contributed by atoms with van der Waals surface area (Å²) in [7, 11) is -2.22. The maximum Gasteiger partial charge on any atom is 0.249 e.